The van der Waals surface area contributed by atoms with Crippen LogP contribution in [0, 0.1) is 0 Å². The first kappa shape index (κ1) is 6.40. The number of rotatable bonds is 1. The quantitative estimate of drug-likeness (QED) is 0.596. The summed E-state index contributed by atoms with van der Waals surface area (Å²) in [5.74, 6) is 0.863. The molecule has 2 heterocycles. The average molecular weight is 147 g/mol. The van der Waals surface area contributed by atoms with Gasteiger partial charge < -0.3 is 4.42 Å². The van der Waals surface area contributed by atoms with Crippen molar-refractivity contribution in [3.63, 3.8) is 0 Å². The summed E-state index contributed by atoms with van der Waals surface area (Å²) in [5.41, 5.74) is 2.25. The lowest BCUT2D eigenvalue weighted by molar-refractivity contribution is 0.558. The molecule has 0 spiro atoms. The Bertz CT molecular complexity index is 306. The number of allylic oxidation sites excluding steroid dienone is 1. The van der Waals surface area contributed by atoms with Gasteiger partial charge in [0, 0.05) is 0 Å². The monoisotopic (exact) mass is 147 g/mol. The van der Waals surface area contributed by atoms with Crippen molar-refractivity contribution in [2.45, 2.75) is 6.92 Å². The summed E-state index contributed by atoms with van der Waals surface area (Å²) in [7, 11) is 0. The first-order valence-corrected chi connectivity index (χ1v) is 3.62. The van der Waals surface area contributed by atoms with E-state index in [-0.39, 0.29) is 0 Å². The van der Waals surface area contributed by atoms with Crippen molar-refractivity contribution >= 4 is 5.71 Å². The molecule has 11 heavy (non-hydrogen) atoms. The second-order valence-corrected chi connectivity index (χ2v) is 2.67. The fourth-order valence-electron chi connectivity index (χ4n) is 1.11. The van der Waals surface area contributed by atoms with Crippen molar-refractivity contribution in [2.75, 3.05) is 6.54 Å². The predicted octanol–water partition coefficient (Wildman–Crippen LogP) is 2.03. The molecule has 1 aromatic heterocycles. The van der Waals surface area contributed by atoms with E-state index in [0.717, 1.165) is 18.0 Å². The molecule has 1 aromatic rings. The largest absolute Gasteiger partial charge is 0.463 e. The molecule has 0 radical (unpaired) electrons. The fraction of sp³-hybridized carbons (Fsp3) is 0.222. The van der Waals surface area contributed by atoms with E-state index in [4.69, 9.17) is 4.42 Å². The van der Waals surface area contributed by atoms with E-state index < -0.39 is 0 Å². The van der Waals surface area contributed by atoms with Gasteiger partial charge in [0.1, 0.15) is 5.71 Å². The van der Waals surface area contributed by atoms with Crippen LogP contribution in [0.4, 0.5) is 0 Å². The Balaban J connectivity index is 2.32. The molecule has 2 heteroatoms. The predicted molar refractivity (Wildman–Crippen MR) is 43.9 cm³/mol. The Morgan fingerprint density at radius 3 is 3.00 bits per heavy atom. The molecule has 0 fully saturated rings. The van der Waals surface area contributed by atoms with Gasteiger partial charge in [0.15, 0.2) is 5.76 Å². The average Bonchev–Trinajstić information content (AvgIpc) is 2.55. The van der Waals surface area contributed by atoms with Crippen LogP contribution in [-0.2, 0) is 0 Å². The minimum Gasteiger partial charge on any atom is -0.463 e. The van der Waals surface area contributed by atoms with Gasteiger partial charge in [0.05, 0.1) is 12.8 Å². The summed E-state index contributed by atoms with van der Waals surface area (Å²) in [4.78, 5) is 4.29. The summed E-state index contributed by atoms with van der Waals surface area (Å²) in [6.45, 7) is 2.88. The molecule has 0 aliphatic carbocycles. The minimum atomic E-state index is 0.816. The summed E-state index contributed by atoms with van der Waals surface area (Å²) < 4.78 is 5.19. The van der Waals surface area contributed by atoms with Crippen molar-refractivity contribution in [1.29, 1.82) is 0 Å². The maximum absolute atomic E-state index is 5.19. The molecule has 0 bridgehead atoms. The van der Waals surface area contributed by atoms with Crippen molar-refractivity contribution in [3.8, 4) is 0 Å². The van der Waals surface area contributed by atoms with E-state index >= 15 is 0 Å². The maximum atomic E-state index is 5.19. The Kier molecular flexibility index (Phi) is 1.39. The molecular weight excluding hydrogens is 138 g/mol. The molecule has 1 aliphatic rings. The van der Waals surface area contributed by atoms with Gasteiger partial charge in [-0.1, -0.05) is 0 Å². The molecule has 0 aromatic carbocycles. The molecule has 0 unspecified atom stereocenters. The maximum Gasteiger partial charge on any atom is 0.151 e. The van der Waals surface area contributed by atoms with Crippen molar-refractivity contribution in [1.82, 2.24) is 0 Å². The number of furan rings is 1. The molecule has 1 aliphatic heterocycles. The van der Waals surface area contributed by atoms with Crippen molar-refractivity contribution in [2.24, 2.45) is 4.99 Å². The van der Waals surface area contributed by atoms with Crippen molar-refractivity contribution < 1.29 is 4.42 Å². The summed E-state index contributed by atoms with van der Waals surface area (Å²) in [6.07, 6.45) is 3.72. The molecule has 2 nitrogen and oxygen atoms in total. The van der Waals surface area contributed by atoms with Gasteiger partial charge in [0.25, 0.3) is 0 Å². The standard InChI is InChI=1S/C9H9NO/c1-7-5-8(10-6-7)9-3-2-4-11-9/h2-5H,6H2,1H3. The molecule has 2 rings (SSSR count). The molecule has 0 saturated carbocycles. The van der Waals surface area contributed by atoms with E-state index in [1.165, 1.54) is 5.57 Å². The number of hydrogen-bond donors (Lipinski definition) is 0. The number of nitrogens with zero attached hydrogens (tertiary/aromatic N) is 1. The Hall–Kier alpha value is -1.31. The van der Waals surface area contributed by atoms with Gasteiger partial charge in [-0.15, -0.1) is 0 Å². The van der Waals surface area contributed by atoms with Gasteiger partial charge in [-0.3, -0.25) is 4.99 Å². The Labute approximate surface area is 65.3 Å². The van der Waals surface area contributed by atoms with E-state index in [2.05, 4.69) is 18.0 Å². The second kappa shape index (κ2) is 2.38. The van der Waals surface area contributed by atoms with Crippen LogP contribution >= 0.6 is 0 Å². The third kappa shape index (κ3) is 1.11. The SMILES string of the molecule is CC1=CC(c2ccco2)=NC1. The Morgan fingerprint density at radius 1 is 1.55 bits per heavy atom. The second-order valence-electron chi connectivity index (χ2n) is 2.67. The van der Waals surface area contributed by atoms with Crippen LogP contribution in [0.1, 0.15) is 12.7 Å². The van der Waals surface area contributed by atoms with E-state index in [1.807, 2.05) is 12.1 Å². The minimum absolute atomic E-state index is 0.816. The van der Waals surface area contributed by atoms with Crippen LogP contribution in [0.15, 0.2) is 39.5 Å². The van der Waals surface area contributed by atoms with E-state index in [1.54, 1.807) is 6.26 Å². The number of aliphatic imine (C=N–C) groups is 1. The highest BCUT2D eigenvalue weighted by molar-refractivity contribution is 6.08. The Morgan fingerprint density at radius 2 is 2.45 bits per heavy atom. The van der Waals surface area contributed by atoms with Crippen LogP contribution in [-0.4, -0.2) is 12.3 Å². The van der Waals surface area contributed by atoms with Crippen molar-refractivity contribution in [3.05, 3.63) is 35.8 Å². The summed E-state index contributed by atoms with van der Waals surface area (Å²) in [5, 5.41) is 0. The highest BCUT2D eigenvalue weighted by Gasteiger charge is 2.08. The van der Waals surface area contributed by atoms with Gasteiger partial charge in [-0.2, -0.15) is 0 Å². The lowest BCUT2D eigenvalue weighted by Gasteiger charge is -1.87. The third-order valence-corrected chi connectivity index (χ3v) is 1.66. The molecule has 0 N–H and O–H groups in total. The summed E-state index contributed by atoms with van der Waals surface area (Å²) >= 11 is 0. The topological polar surface area (TPSA) is 25.5 Å². The van der Waals surface area contributed by atoms with Gasteiger partial charge in [-0.05, 0) is 30.7 Å². The lowest BCUT2D eigenvalue weighted by atomic mass is 10.2. The normalized spacial score (nSPS) is 16.5. The smallest absolute Gasteiger partial charge is 0.151 e. The third-order valence-electron chi connectivity index (χ3n) is 1.66. The van der Waals surface area contributed by atoms with Crippen LogP contribution in [0.25, 0.3) is 0 Å². The zero-order valence-corrected chi connectivity index (χ0v) is 6.37. The molecule has 0 atom stereocenters. The highest BCUT2D eigenvalue weighted by Crippen LogP contribution is 2.11. The van der Waals surface area contributed by atoms with E-state index in [9.17, 15) is 0 Å². The van der Waals surface area contributed by atoms with E-state index in [0.29, 0.717) is 0 Å². The first-order valence-electron chi connectivity index (χ1n) is 3.62. The highest BCUT2D eigenvalue weighted by atomic mass is 16.3. The zero-order chi connectivity index (χ0) is 7.68. The summed E-state index contributed by atoms with van der Waals surface area (Å²) in [6, 6.07) is 3.80. The molecule has 0 amide bonds. The number of hydrogen-bond acceptors (Lipinski definition) is 2. The molecular formula is C9H9NO. The molecule has 56 valence electrons. The lowest BCUT2D eigenvalue weighted by Crippen LogP contribution is -1.89. The van der Waals surface area contributed by atoms with Crippen LogP contribution in [0.3, 0.4) is 0 Å². The van der Waals surface area contributed by atoms with Crippen LogP contribution < -0.4 is 0 Å². The van der Waals surface area contributed by atoms with Gasteiger partial charge >= 0.3 is 0 Å². The zero-order valence-electron chi connectivity index (χ0n) is 6.37. The van der Waals surface area contributed by atoms with Gasteiger partial charge in [-0.25, -0.2) is 0 Å². The first-order chi connectivity index (χ1) is 5.36. The molecule has 0 saturated heterocycles. The van der Waals surface area contributed by atoms with Gasteiger partial charge in [0.2, 0.25) is 0 Å². The van der Waals surface area contributed by atoms with Crippen LogP contribution in [0.5, 0.6) is 0 Å². The fourth-order valence-corrected chi connectivity index (χ4v) is 1.11. The van der Waals surface area contributed by atoms with Crippen LogP contribution in [0.2, 0.25) is 0 Å².